The van der Waals surface area contributed by atoms with Gasteiger partial charge in [-0.2, -0.15) is 0 Å². The van der Waals surface area contributed by atoms with Crippen LogP contribution in [-0.2, 0) is 17.8 Å². The van der Waals surface area contributed by atoms with E-state index in [2.05, 4.69) is 10.6 Å². The Morgan fingerprint density at radius 3 is 2.30 bits per heavy atom. The molecule has 3 aromatic rings. The summed E-state index contributed by atoms with van der Waals surface area (Å²) in [6.07, 6.45) is 1.76. The van der Waals surface area contributed by atoms with Crippen LogP contribution in [0.25, 0.3) is 0 Å². The summed E-state index contributed by atoms with van der Waals surface area (Å²) in [5.41, 5.74) is 2.52. The monoisotopic (exact) mass is 364 g/mol. The first-order valence-electron chi connectivity index (χ1n) is 8.47. The summed E-state index contributed by atoms with van der Waals surface area (Å²) in [5.74, 6) is 0.652. The molecule has 0 radical (unpaired) electrons. The minimum atomic E-state index is -0.305. The second-order valence-electron chi connectivity index (χ2n) is 5.93. The highest BCUT2D eigenvalue weighted by atomic mass is 16.5. The first-order chi connectivity index (χ1) is 13.1. The van der Waals surface area contributed by atoms with Crippen LogP contribution in [0.4, 0.5) is 5.69 Å². The Bertz CT molecular complexity index is 885. The van der Waals surface area contributed by atoms with E-state index in [4.69, 9.17) is 9.15 Å². The van der Waals surface area contributed by atoms with Crippen molar-refractivity contribution in [2.75, 3.05) is 12.4 Å². The van der Waals surface area contributed by atoms with E-state index in [-0.39, 0.29) is 17.6 Å². The lowest BCUT2D eigenvalue weighted by atomic mass is 10.1. The lowest BCUT2D eigenvalue weighted by Crippen LogP contribution is -2.24. The van der Waals surface area contributed by atoms with Crippen molar-refractivity contribution in [1.29, 1.82) is 0 Å². The quantitative estimate of drug-likeness (QED) is 0.673. The molecule has 2 N–H and O–H groups in total. The number of hydrogen-bond donors (Lipinski definition) is 2. The topological polar surface area (TPSA) is 80.6 Å². The molecule has 0 saturated heterocycles. The summed E-state index contributed by atoms with van der Waals surface area (Å²) in [5, 5.41) is 5.63. The maximum Gasteiger partial charge on any atom is 0.291 e. The fourth-order valence-electron chi connectivity index (χ4n) is 2.50. The zero-order chi connectivity index (χ0) is 19.1. The van der Waals surface area contributed by atoms with Crippen LogP contribution in [-0.4, -0.2) is 18.9 Å². The highest BCUT2D eigenvalue weighted by Crippen LogP contribution is 2.13. The van der Waals surface area contributed by atoms with Crippen molar-refractivity contribution in [2.45, 2.75) is 13.0 Å². The standard InChI is InChI=1S/C21H20N2O4/c1-26-18-10-6-15(7-11-18)13-20(24)22-14-16-4-8-17(9-5-16)23-21(25)19-3-2-12-27-19/h2-12H,13-14H2,1H3,(H,22,24)(H,23,25). The number of methoxy groups -OCH3 is 1. The molecule has 1 aromatic heterocycles. The number of anilines is 1. The first-order valence-corrected chi connectivity index (χ1v) is 8.47. The Balaban J connectivity index is 1.47. The molecule has 0 atom stereocenters. The van der Waals surface area contributed by atoms with Crippen LogP contribution in [0, 0.1) is 0 Å². The van der Waals surface area contributed by atoms with Gasteiger partial charge in [-0.3, -0.25) is 9.59 Å². The summed E-state index contributed by atoms with van der Waals surface area (Å²) in [6.45, 7) is 0.418. The van der Waals surface area contributed by atoms with Gasteiger partial charge < -0.3 is 19.8 Å². The van der Waals surface area contributed by atoms with Crippen molar-refractivity contribution in [3.8, 4) is 5.75 Å². The van der Waals surface area contributed by atoms with Gasteiger partial charge in [-0.15, -0.1) is 0 Å². The second kappa shape index (κ2) is 8.71. The highest BCUT2D eigenvalue weighted by Gasteiger charge is 2.08. The summed E-state index contributed by atoms with van der Waals surface area (Å²) < 4.78 is 10.2. The molecule has 0 saturated carbocycles. The molecule has 0 fully saturated rings. The summed E-state index contributed by atoms with van der Waals surface area (Å²) in [6, 6.07) is 17.9. The van der Waals surface area contributed by atoms with E-state index in [1.54, 1.807) is 31.4 Å². The molecule has 6 nitrogen and oxygen atoms in total. The number of furan rings is 1. The lowest BCUT2D eigenvalue weighted by Gasteiger charge is -2.08. The van der Waals surface area contributed by atoms with E-state index in [0.29, 0.717) is 18.7 Å². The first kappa shape index (κ1) is 18.3. The largest absolute Gasteiger partial charge is 0.497 e. The Hall–Kier alpha value is -3.54. The lowest BCUT2D eigenvalue weighted by molar-refractivity contribution is -0.120. The number of amides is 2. The van der Waals surface area contributed by atoms with Crippen molar-refractivity contribution >= 4 is 17.5 Å². The maximum absolute atomic E-state index is 12.1. The number of hydrogen-bond acceptors (Lipinski definition) is 4. The van der Waals surface area contributed by atoms with Gasteiger partial charge in [0.25, 0.3) is 5.91 Å². The Morgan fingerprint density at radius 1 is 0.963 bits per heavy atom. The molecule has 0 unspecified atom stereocenters. The normalized spacial score (nSPS) is 10.3. The number of ether oxygens (including phenoxy) is 1. The minimum absolute atomic E-state index is 0.0598. The predicted octanol–water partition coefficient (Wildman–Crippen LogP) is 3.40. The predicted molar refractivity (Wildman–Crippen MR) is 102 cm³/mol. The van der Waals surface area contributed by atoms with Gasteiger partial charge in [0.1, 0.15) is 5.75 Å². The average molecular weight is 364 g/mol. The minimum Gasteiger partial charge on any atom is -0.497 e. The Kier molecular flexibility index (Phi) is 5.89. The molecule has 2 amide bonds. The molecule has 3 rings (SSSR count). The summed E-state index contributed by atoms with van der Waals surface area (Å²) >= 11 is 0. The van der Waals surface area contributed by atoms with E-state index in [0.717, 1.165) is 16.9 Å². The van der Waals surface area contributed by atoms with Gasteiger partial charge in [0.15, 0.2) is 5.76 Å². The molecule has 6 heteroatoms. The van der Waals surface area contributed by atoms with Crippen molar-refractivity contribution in [3.63, 3.8) is 0 Å². The zero-order valence-electron chi connectivity index (χ0n) is 14.9. The summed E-state index contributed by atoms with van der Waals surface area (Å²) in [4.78, 5) is 24.0. The maximum atomic E-state index is 12.1. The number of carbonyl (C=O) groups is 2. The highest BCUT2D eigenvalue weighted by molar-refractivity contribution is 6.02. The number of nitrogens with one attached hydrogen (secondary N) is 2. The van der Waals surface area contributed by atoms with Crippen molar-refractivity contribution in [2.24, 2.45) is 0 Å². The fourth-order valence-corrected chi connectivity index (χ4v) is 2.50. The molecule has 0 aliphatic carbocycles. The third-order valence-corrected chi connectivity index (χ3v) is 3.97. The van der Waals surface area contributed by atoms with E-state index >= 15 is 0 Å². The van der Waals surface area contributed by atoms with Gasteiger partial charge >= 0.3 is 0 Å². The molecule has 0 aliphatic rings. The Labute approximate surface area is 157 Å². The second-order valence-corrected chi connectivity index (χ2v) is 5.93. The molecule has 0 aliphatic heterocycles. The van der Waals surface area contributed by atoms with Crippen LogP contribution in [0.2, 0.25) is 0 Å². The SMILES string of the molecule is COc1ccc(CC(=O)NCc2ccc(NC(=O)c3ccco3)cc2)cc1. The summed E-state index contributed by atoms with van der Waals surface area (Å²) in [7, 11) is 1.61. The molecule has 0 spiro atoms. The van der Waals surface area contributed by atoms with Crippen molar-refractivity contribution in [3.05, 3.63) is 83.8 Å². The molecular formula is C21H20N2O4. The number of carbonyl (C=O) groups excluding carboxylic acids is 2. The number of rotatable bonds is 7. The van der Waals surface area contributed by atoms with Crippen molar-refractivity contribution in [1.82, 2.24) is 5.32 Å². The molecule has 138 valence electrons. The molecule has 1 heterocycles. The smallest absolute Gasteiger partial charge is 0.291 e. The average Bonchev–Trinajstić information content (AvgIpc) is 3.23. The van der Waals surface area contributed by atoms with Crippen LogP contribution >= 0.6 is 0 Å². The van der Waals surface area contributed by atoms with Crippen LogP contribution in [0.1, 0.15) is 21.7 Å². The van der Waals surface area contributed by atoms with Gasteiger partial charge in [-0.25, -0.2) is 0 Å². The third kappa shape index (κ3) is 5.22. The van der Waals surface area contributed by atoms with Gasteiger partial charge in [0.2, 0.25) is 5.91 Å². The van der Waals surface area contributed by atoms with Crippen LogP contribution in [0.3, 0.4) is 0 Å². The molecule has 2 aromatic carbocycles. The molecule has 27 heavy (non-hydrogen) atoms. The van der Waals surface area contributed by atoms with E-state index in [1.807, 2.05) is 36.4 Å². The zero-order valence-corrected chi connectivity index (χ0v) is 14.9. The van der Waals surface area contributed by atoms with E-state index in [1.165, 1.54) is 6.26 Å². The van der Waals surface area contributed by atoms with Gasteiger partial charge in [-0.05, 0) is 47.5 Å². The van der Waals surface area contributed by atoms with Gasteiger partial charge in [0, 0.05) is 12.2 Å². The van der Waals surface area contributed by atoms with Gasteiger partial charge in [-0.1, -0.05) is 24.3 Å². The van der Waals surface area contributed by atoms with E-state index in [9.17, 15) is 9.59 Å². The van der Waals surface area contributed by atoms with Crippen molar-refractivity contribution < 1.29 is 18.7 Å². The van der Waals surface area contributed by atoms with Crippen LogP contribution in [0.5, 0.6) is 5.75 Å². The molecule has 0 bridgehead atoms. The fraction of sp³-hybridized carbons (Fsp3) is 0.143. The third-order valence-electron chi connectivity index (χ3n) is 3.97. The molecular weight excluding hydrogens is 344 g/mol. The van der Waals surface area contributed by atoms with Crippen LogP contribution < -0.4 is 15.4 Å². The van der Waals surface area contributed by atoms with Crippen LogP contribution in [0.15, 0.2) is 71.3 Å². The van der Waals surface area contributed by atoms with Gasteiger partial charge in [0.05, 0.1) is 19.8 Å². The number of benzene rings is 2. The Morgan fingerprint density at radius 2 is 1.67 bits per heavy atom. The van der Waals surface area contributed by atoms with E-state index < -0.39 is 0 Å².